The van der Waals surface area contributed by atoms with E-state index >= 15 is 0 Å². The van der Waals surface area contributed by atoms with E-state index in [1.807, 2.05) is 0 Å². The lowest BCUT2D eigenvalue weighted by Crippen LogP contribution is -2.43. The van der Waals surface area contributed by atoms with E-state index in [4.69, 9.17) is 0 Å². The third-order valence-corrected chi connectivity index (χ3v) is 3.22. The number of carboxylic acid groups (broad SMARTS) is 2. The molecule has 0 bridgehead atoms. The highest BCUT2D eigenvalue weighted by atomic mass is 19.1. The molecule has 0 aromatic heterocycles. The lowest BCUT2D eigenvalue weighted by Gasteiger charge is -2.26. The van der Waals surface area contributed by atoms with Gasteiger partial charge < -0.3 is 15.1 Å². The van der Waals surface area contributed by atoms with Gasteiger partial charge in [0.25, 0.3) is 0 Å². The fourth-order valence-corrected chi connectivity index (χ4v) is 1.91. The summed E-state index contributed by atoms with van der Waals surface area (Å²) >= 11 is 0. The van der Waals surface area contributed by atoms with Crippen LogP contribution in [0.15, 0.2) is 24.3 Å². The van der Waals surface area contributed by atoms with Crippen molar-refractivity contribution in [2.75, 3.05) is 20.6 Å². The molecule has 6 heteroatoms. The molecule has 1 rings (SSSR count). The van der Waals surface area contributed by atoms with Crippen molar-refractivity contribution < 1.29 is 24.2 Å². The Morgan fingerprint density at radius 1 is 1.15 bits per heavy atom. The molecule has 0 unspecified atom stereocenters. The molecule has 0 amide bonds. The summed E-state index contributed by atoms with van der Waals surface area (Å²) in [4.78, 5) is 24.7. The Morgan fingerprint density at radius 3 is 2.05 bits per heavy atom. The topological polar surface area (TPSA) is 77.8 Å². The summed E-state index contributed by atoms with van der Waals surface area (Å²) in [7, 11) is 3.48. The summed E-state index contributed by atoms with van der Waals surface area (Å²) in [5.41, 5.74) is -1.42. The zero-order valence-electron chi connectivity index (χ0n) is 11.5. The van der Waals surface area contributed by atoms with Crippen LogP contribution >= 0.6 is 0 Å². The van der Waals surface area contributed by atoms with Crippen LogP contribution in [0.25, 0.3) is 0 Å². The van der Waals surface area contributed by atoms with Crippen LogP contribution in [0, 0.1) is 11.2 Å². The van der Waals surface area contributed by atoms with E-state index in [-0.39, 0.29) is 12.8 Å². The van der Waals surface area contributed by atoms with Gasteiger partial charge in [-0.2, -0.15) is 0 Å². The summed E-state index contributed by atoms with van der Waals surface area (Å²) in [6.07, 6.45) is -0.201. The first-order chi connectivity index (χ1) is 9.28. The minimum atomic E-state index is -1.90. The molecule has 0 saturated heterocycles. The number of hydrogen-bond donors (Lipinski definition) is 2. The molecular formula is C14H18FNO4. The van der Waals surface area contributed by atoms with Crippen LogP contribution in [0.1, 0.15) is 12.0 Å². The van der Waals surface area contributed by atoms with Crippen LogP contribution < -0.4 is 0 Å². The SMILES string of the molecule is CN(C)CCC(Cc1ccc(F)cc1)(C(=O)O)C(=O)O. The number of rotatable bonds is 7. The molecule has 0 aliphatic carbocycles. The van der Waals surface area contributed by atoms with E-state index in [1.165, 1.54) is 24.3 Å². The van der Waals surface area contributed by atoms with E-state index in [9.17, 15) is 24.2 Å². The first-order valence-electron chi connectivity index (χ1n) is 6.14. The summed E-state index contributed by atoms with van der Waals surface area (Å²) in [5, 5.41) is 18.7. The van der Waals surface area contributed by atoms with Crippen molar-refractivity contribution in [1.29, 1.82) is 0 Å². The molecule has 2 N–H and O–H groups in total. The zero-order chi connectivity index (χ0) is 15.3. The standard InChI is InChI=1S/C14H18FNO4/c1-16(2)8-7-14(12(17)18,13(19)20)9-10-3-5-11(15)6-4-10/h3-6H,7-9H2,1-2H3,(H,17,18)(H,19,20). The summed E-state index contributed by atoms with van der Waals surface area (Å²) < 4.78 is 12.9. The fraction of sp³-hybridized carbons (Fsp3) is 0.429. The van der Waals surface area contributed by atoms with Gasteiger partial charge in [0.2, 0.25) is 0 Å². The average Bonchev–Trinajstić information content (AvgIpc) is 2.35. The van der Waals surface area contributed by atoms with Gasteiger partial charge in [-0.25, -0.2) is 4.39 Å². The second-order valence-electron chi connectivity index (χ2n) is 5.05. The molecule has 0 saturated carbocycles. The highest BCUT2D eigenvalue weighted by Gasteiger charge is 2.46. The van der Waals surface area contributed by atoms with Gasteiger partial charge in [-0.15, -0.1) is 0 Å². The molecule has 1 aromatic carbocycles. The van der Waals surface area contributed by atoms with Crippen LogP contribution in [0.5, 0.6) is 0 Å². The van der Waals surface area contributed by atoms with Crippen molar-refractivity contribution in [2.24, 2.45) is 5.41 Å². The van der Waals surface area contributed by atoms with Gasteiger partial charge in [0.15, 0.2) is 5.41 Å². The van der Waals surface area contributed by atoms with E-state index in [2.05, 4.69) is 0 Å². The molecule has 0 aliphatic rings. The number of carboxylic acids is 2. The Labute approximate surface area is 116 Å². The van der Waals surface area contributed by atoms with Gasteiger partial charge in [0, 0.05) is 0 Å². The zero-order valence-corrected chi connectivity index (χ0v) is 11.5. The van der Waals surface area contributed by atoms with Gasteiger partial charge in [0.05, 0.1) is 0 Å². The van der Waals surface area contributed by atoms with Crippen molar-refractivity contribution >= 4 is 11.9 Å². The molecule has 20 heavy (non-hydrogen) atoms. The van der Waals surface area contributed by atoms with Gasteiger partial charge in [0.1, 0.15) is 5.82 Å². The third kappa shape index (κ3) is 3.77. The lowest BCUT2D eigenvalue weighted by atomic mass is 9.78. The Morgan fingerprint density at radius 2 is 1.65 bits per heavy atom. The largest absolute Gasteiger partial charge is 0.480 e. The summed E-state index contributed by atoms with van der Waals surface area (Å²) in [5.74, 6) is -3.20. The van der Waals surface area contributed by atoms with Crippen LogP contribution in [-0.2, 0) is 16.0 Å². The van der Waals surface area contributed by atoms with E-state index in [0.29, 0.717) is 12.1 Å². The highest BCUT2D eigenvalue weighted by molar-refractivity contribution is 5.98. The van der Waals surface area contributed by atoms with E-state index < -0.39 is 23.2 Å². The van der Waals surface area contributed by atoms with Gasteiger partial charge in [-0.3, -0.25) is 9.59 Å². The maximum Gasteiger partial charge on any atom is 0.321 e. The maximum absolute atomic E-state index is 12.9. The Bertz CT molecular complexity index is 470. The molecule has 110 valence electrons. The molecule has 0 fully saturated rings. The monoisotopic (exact) mass is 283 g/mol. The predicted molar refractivity (Wildman–Crippen MR) is 71.0 cm³/mol. The Kier molecular flexibility index (Phi) is 5.21. The van der Waals surface area contributed by atoms with Crippen molar-refractivity contribution in [1.82, 2.24) is 4.90 Å². The Hall–Kier alpha value is -1.95. The molecule has 5 nitrogen and oxygen atoms in total. The maximum atomic E-state index is 12.9. The van der Waals surface area contributed by atoms with Crippen molar-refractivity contribution in [2.45, 2.75) is 12.8 Å². The average molecular weight is 283 g/mol. The smallest absolute Gasteiger partial charge is 0.321 e. The van der Waals surface area contributed by atoms with Crippen molar-refractivity contribution in [3.63, 3.8) is 0 Å². The minimum absolute atomic E-state index is 0.0258. The molecule has 0 aliphatic heterocycles. The number of halogens is 1. The first-order valence-corrected chi connectivity index (χ1v) is 6.14. The molecule has 0 heterocycles. The van der Waals surface area contributed by atoms with Crippen LogP contribution in [-0.4, -0.2) is 47.7 Å². The van der Waals surface area contributed by atoms with E-state index in [0.717, 1.165) is 0 Å². The first kappa shape index (κ1) is 16.1. The molecule has 0 spiro atoms. The molecule has 0 atom stereocenters. The summed E-state index contributed by atoms with van der Waals surface area (Å²) in [6.45, 7) is 0.333. The molecule has 0 radical (unpaired) electrons. The van der Waals surface area contributed by atoms with Crippen LogP contribution in [0.4, 0.5) is 4.39 Å². The number of aliphatic carboxylic acids is 2. The van der Waals surface area contributed by atoms with Crippen LogP contribution in [0.2, 0.25) is 0 Å². The minimum Gasteiger partial charge on any atom is -0.480 e. The van der Waals surface area contributed by atoms with Gasteiger partial charge in [-0.1, -0.05) is 12.1 Å². The third-order valence-electron chi connectivity index (χ3n) is 3.22. The van der Waals surface area contributed by atoms with Gasteiger partial charge in [-0.05, 0) is 51.2 Å². The number of nitrogens with zero attached hydrogens (tertiary/aromatic N) is 1. The quantitative estimate of drug-likeness (QED) is 0.741. The predicted octanol–water partition coefficient (Wildman–Crippen LogP) is 1.48. The van der Waals surface area contributed by atoms with E-state index in [1.54, 1.807) is 19.0 Å². The molecular weight excluding hydrogens is 265 g/mol. The van der Waals surface area contributed by atoms with Crippen LogP contribution in [0.3, 0.4) is 0 Å². The van der Waals surface area contributed by atoms with Crippen molar-refractivity contribution in [3.8, 4) is 0 Å². The second kappa shape index (κ2) is 6.47. The number of benzene rings is 1. The van der Waals surface area contributed by atoms with Crippen molar-refractivity contribution in [3.05, 3.63) is 35.6 Å². The highest BCUT2D eigenvalue weighted by Crippen LogP contribution is 2.29. The molecule has 1 aromatic rings. The number of hydrogen-bond acceptors (Lipinski definition) is 3. The normalized spacial score (nSPS) is 11.6. The van der Waals surface area contributed by atoms with Gasteiger partial charge >= 0.3 is 11.9 Å². The summed E-state index contributed by atoms with van der Waals surface area (Å²) in [6, 6.07) is 5.20. The second-order valence-corrected chi connectivity index (χ2v) is 5.05. The fourth-order valence-electron chi connectivity index (χ4n) is 1.91. The number of carbonyl (C=O) groups is 2. The lowest BCUT2D eigenvalue weighted by molar-refractivity contribution is -0.165. The Balaban J connectivity index is 3.05.